The second-order valence-electron chi connectivity index (χ2n) is 4.75. The Morgan fingerprint density at radius 3 is 2.68 bits per heavy atom. The topological polar surface area (TPSA) is 38.3 Å². The summed E-state index contributed by atoms with van der Waals surface area (Å²) in [7, 11) is 0. The molecule has 3 nitrogen and oxygen atoms in total. The van der Waals surface area contributed by atoms with E-state index in [9.17, 15) is 9.18 Å². The second-order valence-corrected chi connectivity index (χ2v) is 4.75. The number of anilines is 1. The van der Waals surface area contributed by atoms with Crippen LogP contribution in [0.3, 0.4) is 0 Å². The first-order valence-electron chi connectivity index (χ1n) is 7.15. The van der Waals surface area contributed by atoms with Gasteiger partial charge < -0.3 is 10.1 Å². The molecule has 4 heteroatoms. The van der Waals surface area contributed by atoms with E-state index in [0.717, 1.165) is 12.2 Å². The average molecular weight is 299 g/mol. The lowest BCUT2D eigenvalue weighted by atomic mass is 10.2. The zero-order chi connectivity index (χ0) is 15.8. The van der Waals surface area contributed by atoms with Crippen LogP contribution in [0.1, 0.15) is 18.9 Å². The smallest absolute Gasteiger partial charge is 0.248 e. The van der Waals surface area contributed by atoms with Gasteiger partial charge in [0.05, 0.1) is 6.61 Å². The molecule has 0 atom stereocenters. The fourth-order valence-corrected chi connectivity index (χ4v) is 1.82. The third kappa shape index (κ3) is 5.05. The van der Waals surface area contributed by atoms with Crippen molar-refractivity contribution in [1.82, 2.24) is 0 Å². The summed E-state index contributed by atoms with van der Waals surface area (Å²) in [5, 5.41) is 2.74. The summed E-state index contributed by atoms with van der Waals surface area (Å²) in [4.78, 5) is 11.8. The number of rotatable bonds is 6. The van der Waals surface area contributed by atoms with Crippen molar-refractivity contribution in [2.75, 3.05) is 11.9 Å². The minimum Gasteiger partial charge on any atom is -0.494 e. The van der Waals surface area contributed by atoms with Gasteiger partial charge in [0.15, 0.2) is 0 Å². The van der Waals surface area contributed by atoms with Crippen molar-refractivity contribution < 1.29 is 13.9 Å². The molecule has 2 aromatic carbocycles. The number of carbonyl (C=O) groups is 1. The molecular formula is C18H18FNO2. The molecule has 1 amide bonds. The zero-order valence-corrected chi connectivity index (χ0v) is 12.4. The fourth-order valence-electron chi connectivity index (χ4n) is 1.82. The number of benzene rings is 2. The Hall–Kier alpha value is -2.62. The van der Waals surface area contributed by atoms with Gasteiger partial charge in [-0.25, -0.2) is 4.39 Å². The normalized spacial score (nSPS) is 10.6. The van der Waals surface area contributed by atoms with Gasteiger partial charge in [-0.3, -0.25) is 4.79 Å². The lowest BCUT2D eigenvalue weighted by Crippen LogP contribution is -2.07. The van der Waals surface area contributed by atoms with Crippen molar-refractivity contribution in [1.29, 1.82) is 0 Å². The third-order valence-corrected chi connectivity index (χ3v) is 2.87. The van der Waals surface area contributed by atoms with E-state index >= 15 is 0 Å². The molecule has 0 aliphatic rings. The molecule has 0 aliphatic carbocycles. The number of nitrogens with one attached hydrogen (secondary N) is 1. The van der Waals surface area contributed by atoms with Gasteiger partial charge in [-0.15, -0.1) is 0 Å². The van der Waals surface area contributed by atoms with E-state index in [1.165, 1.54) is 18.2 Å². The molecular weight excluding hydrogens is 281 g/mol. The molecule has 0 unspecified atom stereocenters. The fraction of sp³-hybridized carbons (Fsp3) is 0.167. The Labute approximate surface area is 129 Å². The number of ether oxygens (including phenoxy) is 1. The van der Waals surface area contributed by atoms with E-state index in [4.69, 9.17) is 4.74 Å². The lowest BCUT2D eigenvalue weighted by Gasteiger charge is -2.06. The summed E-state index contributed by atoms with van der Waals surface area (Å²) in [5.41, 5.74) is 1.32. The maximum atomic E-state index is 13.0. The third-order valence-electron chi connectivity index (χ3n) is 2.87. The van der Waals surface area contributed by atoms with Crippen LogP contribution in [0.2, 0.25) is 0 Å². The van der Waals surface area contributed by atoms with Gasteiger partial charge in [-0.05, 0) is 54.5 Å². The first-order chi connectivity index (χ1) is 10.7. The standard InChI is InChI=1S/C18H18FNO2/c1-2-12-22-17-9-7-16(8-10-17)20-18(21)11-6-14-4-3-5-15(19)13-14/h3-11,13H,2,12H2,1H3,(H,20,21)/b11-6+. The second kappa shape index (κ2) is 7.98. The molecule has 0 radical (unpaired) electrons. The number of amides is 1. The molecule has 0 saturated heterocycles. The number of halogens is 1. The minimum absolute atomic E-state index is 0.272. The van der Waals surface area contributed by atoms with Gasteiger partial charge in [0.2, 0.25) is 5.91 Å². The zero-order valence-electron chi connectivity index (χ0n) is 12.4. The molecule has 0 spiro atoms. The summed E-state index contributed by atoms with van der Waals surface area (Å²) in [6, 6.07) is 13.2. The highest BCUT2D eigenvalue weighted by atomic mass is 19.1. The summed E-state index contributed by atoms with van der Waals surface area (Å²) in [5.74, 6) is 0.173. The van der Waals surface area contributed by atoms with E-state index in [2.05, 4.69) is 5.32 Å². The van der Waals surface area contributed by atoms with Gasteiger partial charge in [-0.1, -0.05) is 19.1 Å². The monoisotopic (exact) mass is 299 g/mol. The highest BCUT2D eigenvalue weighted by Gasteiger charge is 1.99. The van der Waals surface area contributed by atoms with Gasteiger partial charge in [-0.2, -0.15) is 0 Å². The Balaban J connectivity index is 1.91. The summed E-state index contributed by atoms with van der Waals surface area (Å²) in [6.07, 6.45) is 3.89. The van der Waals surface area contributed by atoms with Gasteiger partial charge in [0, 0.05) is 11.8 Å². The Kier molecular flexibility index (Phi) is 5.72. The van der Waals surface area contributed by atoms with Crippen molar-refractivity contribution in [3.8, 4) is 5.75 Å². The quantitative estimate of drug-likeness (QED) is 0.809. The van der Waals surface area contributed by atoms with Crippen molar-refractivity contribution in [3.63, 3.8) is 0 Å². The SMILES string of the molecule is CCCOc1ccc(NC(=O)/C=C/c2cccc(F)c2)cc1. The van der Waals surface area contributed by atoms with Crippen LogP contribution in [0.15, 0.2) is 54.6 Å². The van der Waals surface area contributed by atoms with E-state index in [1.54, 1.807) is 30.3 Å². The van der Waals surface area contributed by atoms with Crippen LogP contribution in [0, 0.1) is 5.82 Å². The number of hydrogen-bond acceptors (Lipinski definition) is 2. The van der Waals surface area contributed by atoms with Crippen LogP contribution in [0.5, 0.6) is 5.75 Å². The van der Waals surface area contributed by atoms with Crippen LogP contribution >= 0.6 is 0 Å². The van der Waals surface area contributed by atoms with E-state index in [0.29, 0.717) is 17.9 Å². The van der Waals surface area contributed by atoms with Gasteiger partial charge >= 0.3 is 0 Å². The molecule has 2 rings (SSSR count). The Morgan fingerprint density at radius 2 is 2.00 bits per heavy atom. The molecule has 2 aromatic rings. The maximum Gasteiger partial charge on any atom is 0.248 e. The Morgan fingerprint density at radius 1 is 1.23 bits per heavy atom. The molecule has 22 heavy (non-hydrogen) atoms. The van der Waals surface area contributed by atoms with Crippen LogP contribution in [0.4, 0.5) is 10.1 Å². The largest absolute Gasteiger partial charge is 0.494 e. The Bertz CT molecular complexity index is 650. The van der Waals surface area contributed by atoms with Crippen molar-refractivity contribution >= 4 is 17.7 Å². The van der Waals surface area contributed by atoms with Crippen LogP contribution in [-0.4, -0.2) is 12.5 Å². The molecule has 0 aromatic heterocycles. The van der Waals surface area contributed by atoms with Gasteiger partial charge in [0.1, 0.15) is 11.6 Å². The maximum absolute atomic E-state index is 13.0. The molecule has 0 fully saturated rings. The lowest BCUT2D eigenvalue weighted by molar-refractivity contribution is -0.111. The van der Waals surface area contributed by atoms with Crippen LogP contribution in [-0.2, 0) is 4.79 Å². The van der Waals surface area contributed by atoms with E-state index in [1.807, 2.05) is 19.1 Å². The predicted octanol–water partition coefficient (Wildman–Crippen LogP) is 4.27. The van der Waals surface area contributed by atoms with Crippen LogP contribution < -0.4 is 10.1 Å². The first kappa shape index (κ1) is 15.8. The van der Waals surface area contributed by atoms with Crippen LogP contribution in [0.25, 0.3) is 6.08 Å². The highest BCUT2D eigenvalue weighted by molar-refractivity contribution is 6.01. The minimum atomic E-state index is -0.328. The van der Waals surface area contributed by atoms with Crippen molar-refractivity contribution in [2.45, 2.75) is 13.3 Å². The number of carbonyl (C=O) groups excluding carboxylic acids is 1. The van der Waals surface area contributed by atoms with Crippen molar-refractivity contribution in [2.24, 2.45) is 0 Å². The van der Waals surface area contributed by atoms with E-state index in [-0.39, 0.29) is 11.7 Å². The molecule has 0 heterocycles. The van der Waals surface area contributed by atoms with Gasteiger partial charge in [0.25, 0.3) is 0 Å². The highest BCUT2D eigenvalue weighted by Crippen LogP contribution is 2.16. The molecule has 0 aliphatic heterocycles. The molecule has 114 valence electrons. The van der Waals surface area contributed by atoms with Crippen molar-refractivity contribution in [3.05, 3.63) is 66.0 Å². The van der Waals surface area contributed by atoms with E-state index < -0.39 is 0 Å². The summed E-state index contributed by atoms with van der Waals surface area (Å²) < 4.78 is 18.5. The predicted molar refractivity (Wildman–Crippen MR) is 86.3 cm³/mol. The molecule has 0 bridgehead atoms. The first-order valence-corrected chi connectivity index (χ1v) is 7.15. The molecule has 0 saturated carbocycles. The average Bonchev–Trinajstić information content (AvgIpc) is 2.52. The molecule has 1 N–H and O–H groups in total. The number of hydrogen-bond donors (Lipinski definition) is 1. The summed E-state index contributed by atoms with van der Waals surface area (Å²) in [6.45, 7) is 2.71. The summed E-state index contributed by atoms with van der Waals surface area (Å²) >= 11 is 0.